The van der Waals surface area contributed by atoms with Crippen LogP contribution in [0.4, 0.5) is 0 Å². The third-order valence-corrected chi connectivity index (χ3v) is 31.7. The molecule has 15 unspecified atom stereocenters. The first-order valence-electron chi connectivity index (χ1n) is 42.6. The number of aldehydes is 1. The predicted octanol–water partition coefficient (Wildman–Crippen LogP) is 16.1. The monoisotopic (exact) mass is 1570 g/mol. The molecule has 0 radical (unpaired) electrons. The number of azide groups is 2. The number of allylic oxidation sites excluding steroid dienone is 2. The van der Waals surface area contributed by atoms with Crippen LogP contribution in [-0.2, 0) is 96.8 Å². The van der Waals surface area contributed by atoms with Crippen LogP contribution in [0.5, 0.6) is 0 Å². The van der Waals surface area contributed by atoms with E-state index in [2.05, 4.69) is 130 Å². The molecule has 626 valence electrons. The second-order valence-electron chi connectivity index (χ2n) is 39.0. The Morgan fingerprint density at radius 2 is 1.27 bits per heavy atom. The molecule has 11 fully saturated rings. The minimum absolute atomic E-state index is 0.00412. The Balaban J connectivity index is 0.781. The van der Waals surface area contributed by atoms with E-state index in [1.807, 2.05) is 65.0 Å². The minimum atomic E-state index is -1.44. The van der Waals surface area contributed by atoms with E-state index in [9.17, 15) is 20.7 Å². The number of methoxy groups -OCH3 is 1. The van der Waals surface area contributed by atoms with Crippen molar-refractivity contribution in [3.8, 4) is 0 Å². The molecule has 25 nitrogen and oxygen atoms in total. The fraction of sp³-hybridized carbons (Fsp3) is 0.874. The van der Waals surface area contributed by atoms with Gasteiger partial charge >= 0.3 is 5.97 Å². The van der Waals surface area contributed by atoms with Crippen LogP contribution in [0.15, 0.2) is 52.2 Å². The van der Waals surface area contributed by atoms with Crippen LogP contribution < -0.4 is 0 Å². The number of nitrogens with zero attached hydrogens (tertiary/aromatic N) is 6. The molecule has 13 rings (SSSR count). The first-order chi connectivity index (χ1) is 53.0. The van der Waals surface area contributed by atoms with Crippen LogP contribution in [0.25, 0.3) is 20.9 Å². The van der Waals surface area contributed by atoms with Crippen molar-refractivity contribution < 1.29 is 90.2 Å². The summed E-state index contributed by atoms with van der Waals surface area (Å²) in [5.74, 6) is -2.11. The van der Waals surface area contributed by atoms with Crippen molar-refractivity contribution in [3.63, 3.8) is 0 Å². The van der Waals surface area contributed by atoms with Crippen molar-refractivity contribution in [1.29, 1.82) is 0 Å². The molecule has 7 heterocycles. The molecule has 4 saturated carbocycles. The highest BCUT2D eigenvalue weighted by molar-refractivity contribution is 5.81. The summed E-state index contributed by atoms with van der Waals surface area (Å²) in [4.78, 5) is 51.6. The average molecular weight is 1570 g/mol. The molecule has 0 spiro atoms. The van der Waals surface area contributed by atoms with Crippen molar-refractivity contribution in [3.05, 3.63) is 68.4 Å². The fourth-order valence-electron chi connectivity index (χ4n) is 24.1. The highest BCUT2D eigenvalue weighted by Gasteiger charge is 2.73. The molecular weight excluding hydrogens is 1430 g/mol. The van der Waals surface area contributed by atoms with Gasteiger partial charge in [0.2, 0.25) is 6.29 Å². The maximum absolute atomic E-state index is 16.6. The summed E-state index contributed by atoms with van der Waals surface area (Å²) in [6, 6.07) is 9.15. The molecule has 1 aromatic rings. The Labute approximate surface area is 665 Å². The van der Waals surface area contributed by atoms with Crippen molar-refractivity contribution in [2.75, 3.05) is 26.9 Å². The molecule has 38 atom stereocenters. The van der Waals surface area contributed by atoms with Gasteiger partial charge in [0.15, 0.2) is 43.0 Å². The second-order valence-corrected chi connectivity index (χ2v) is 39.0. The van der Waals surface area contributed by atoms with Crippen molar-refractivity contribution >= 4 is 18.0 Å². The molecule has 25 heteroatoms. The third-order valence-electron chi connectivity index (χ3n) is 31.7. The van der Waals surface area contributed by atoms with Crippen LogP contribution in [0.3, 0.4) is 0 Å². The summed E-state index contributed by atoms with van der Waals surface area (Å²) in [6.45, 7) is 45.8. The SMILES string of the molecule is CCC1O[C@@H](OC2[C@H](O[C@H]3CCC4(C)C5CC=C6C7CC(C)(C)CC[C@]7(C(=O)O[C@@H]7O[C@H](CN=[N+]=[N-])[C@H](N=[N+]=[N-])C(C)C7O[C@@H]7O[C@H](C)[C@H](O[C@@H]8OC[C@@H](C)C(OCc9ccccc9)C8C)C8OC(C)(C)OC87)C(OC)C[C@@]6(C)[C@@]5(C)CC[C@H]4[C@@]3(C)C=O)OC(C(C)=O)[C@@H](C)[C@@H]2O[C@@H]2OC[C@@H](C)[C@H](C)C2C)C(C)[C@@H](C)[C@H]1C. The summed E-state index contributed by atoms with van der Waals surface area (Å²) in [5, 5.41) is 8.16. The summed E-state index contributed by atoms with van der Waals surface area (Å²) in [6.07, 6.45) is -4.33. The number of hydrogen-bond acceptors (Lipinski definition) is 21. The molecule has 0 amide bonds. The number of rotatable bonds is 22. The second kappa shape index (κ2) is 33.2. The van der Waals surface area contributed by atoms with E-state index < -0.39 is 151 Å². The standard InChI is InChI=1S/C87H134N6O19/c1-23-59-48(6)47(5)50(8)76(102-59)109-72-68(106-74-49(7)46(4)44(2)40-99-74)52(10)67(54(12)95)105-78(72)104-63-32-33-83(18)61(84(63,19)43-94)31-34-85(20)62(83)30-29-57-58-37-81(14,15)35-36-87(58,64(97-22)38-86(57,85)21)80(96)110-77-69(51(9)65(91-93-89)60(103-77)39-90-92-88)107-79-73-71(111-82(16,17)112-73)70(55(13)101-79)108-75-53(11)66(45(3)41-100-75)98-42-56-27-25-24-26-28-56/h24-29,43-53,55,58-79H,23,30-42H2,1-22H3/t44-,45-,46+,47+,48-,49?,50?,51?,52-,53?,55-,58?,59?,60-,61-,62?,63+,64?,65-,66?,67?,68+,69?,70+,71?,72?,73?,74+,75+,76+,77+,78-,79+,83?,84-,85+,86-,87-/m1/s1. The number of hydrogen-bond donors (Lipinski definition) is 0. The third kappa shape index (κ3) is 15.3. The van der Waals surface area contributed by atoms with E-state index in [-0.39, 0.29) is 88.1 Å². The Hall–Kier alpha value is -4.21. The minimum Gasteiger partial charge on any atom is -0.432 e. The van der Waals surface area contributed by atoms with Gasteiger partial charge in [-0.1, -0.05) is 170 Å². The van der Waals surface area contributed by atoms with Gasteiger partial charge in [0, 0.05) is 46.5 Å². The van der Waals surface area contributed by atoms with Crippen LogP contribution in [0, 0.1) is 109 Å². The summed E-state index contributed by atoms with van der Waals surface area (Å²) < 4.78 is 111. The molecule has 5 aliphatic carbocycles. The van der Waals surface area contributed by atoms with Gasteiger partial charge in [0.25, 0.3) is 0 Å². The number of carbonyl (C=O) groups excluding carboxylic acids is 3. The Bertz CT molecular complexity index is 3620. The van der Waals surface area contributed by atoms with Gasteiger partial charge in [-0.25, -0.2) is 0 Å². The predicted molar refractivity (Wildman–Crippen MR) is 414 cm³/mol. The van der Waals surface area contributed by atoms with E-state index in [1.165, 1.54) is 5.57 Å². The van der Waals surface area contributed by atoms with E-state index in [4.69, 9.17) is 75.8 Å². The molecule has 12 aliphatic rings. The zero-order valence-electron chi connectivity index (χ0n) is 70.9. The van der Waals surface area contributed by atoms with Crippen molar-refractivity contribution in [2.45, 2.75) is 345 Å². The smallest absolute Gasteiger partial charge is 0.317 e. The maximum atomic E-state index is 16.6. The topological polar surface area (TPSA) is 296 Å². The summed E-state index contributed by atoms with van der Waals surface area (Å²) >= 11 is 0. The summed E-state index contributed by atoms with van der Waals surface area (Å²) in [7, 11) is 1.72. The molecule has 7 aliphatic heterocycles. The van der Waals surface area contributed by atoms with Gasteiger partial charge in [-0.05, 0) is 178 Å². The molecule has 1 aromatic carbocycles. The lowest BCUT2D eigenvalue weighted by molar-refractivity contribution is -0.374. The number of ether oxygens (including phenoxy) is 16. The van der Waals surface area contributed by atoms with E-state index >= 15 is 4.79 Å². The highest BCUT2D eigenvalue weighted by atomic mass is 16.8. The van der Waals surface area contributed by atoms with Crippen LogP contribution in [0.2, 0.25) is 0 Å². The first-order valence-corrected chi connectivity index (χ1v) is 42.6. The van der Waals surface area contributed by atoms with Crippen molar-refractivity contribution in [2.24, 2.45) is 120 Å². The van der Waals surface area contributed by atoms with Gasteiger partial charge in [-0.2, -0.15) is 0 Å². The average Bonchev–Trinajstić information content (AvgIpc) is 0.714. The van der Waals surface area contributed by atoms with Gasteiger partial charge in [-0.15, -0.1) is 0 Å². The molecule has 0 N–H and O–H groups in total. The largest absolute Gasteiger partial charge is 0.432 e. The highest BCUT2D eigenvalue weighted by Crippen LogP contribution is 2.76. The van der Waals surface area contributed by atoms with E-state index in [0.717, 1.165) is 44.0 Å². The zero-order chi connectivity index (χ0) is 80.9. The zero-order valence-corrected chi connectivity index (χ0v) is 70.9. The number of ketones is 1. The Morgan fingerprint density at radius 3 is 1.95 bits per heavy atom. The van der Waals surface area contributed by atoms with Crippen LogP contribution >= 0.6 is 0 Å². The number of fused-ring (bicyclic) bond motifs is 8. The number of benzene rings is 1. The summed E-state index contributed by atoms with van der Waals surface area (Å²) in [5.41, 5.74) is 18.6. The number of carbonyl (C=O) groups is 3. The first kappa shape index (κ1) is 85.7. The number of Topliss-reactive ketones (excluding diaryl/α,β-unsaturated/α-hetero) is 1. The molecule has 7 saturated heterocycles. The lowest BCUT2D eigenvalue weighted by Crippen LogP contribution is -2.69. The Morgan fingerprint density at radius 1 is 0.607 bits per heavy atom. The molecular formula is C87H134N6O19. The van der Waals surface area contributed by atoms with E-state index in [0.29, 0.717) is 69.7 Å². The van der Waals surface area contributed by atoms with Gasteiger partial charge in [-0.3, -0.25) is 9.59 Å². The van der Waals surface area contributed by atoms with Gasteiger partial charge < -0.3 is 80.6 Å². The van der Waals surface area contributed by atoms with Crippen LogP contribution in [0.1, 0.15) is 215 Å². The van der Waals surface area contributed by atoms with Crippen molar-refractivity contribution in [1.82, 2.24) is 0 Å². The van der Waals surface area contributed by atoms with Crippen LogP contribution in [-0.4, -0.2) is 174 Å². The molecule has 112 heavy (non-hydrogen) atoms. The lowest BCUT2D eigenvalue weighted by Gasteiger charge is -2.71. The van der Waals surface area contributed by atoms with E-state index in [1.54, 1.807) is 14.0 Å². The fourth-order valence-corrected chi connectivity index (χ4v) is 24.1. The normalized spacial score (nSPS) is 49.6. The van der Waals surface area contributed by atoms with Gasteiger partial charge in [0.05, 0.1) is 80.5 Å². The maximum Gasteiger partial charge on any atom is 0.317 e. The molecule has 0 aromatic heterocycles. The van der Waals surface area contributed by atoms with Gasteiger partial charge in [0.1, 0.15) is 48.3 Å². The lowest BCUT2D eigenvalue weighted by atomic mass is 9.33. The Kier molecular flexibility index (Phi) is 25.4. The quantitative estimate of drug-likeness (QED) is 0.0198. The number of esters is 1. The molecule has 0 bridgehead atoms.